The zero-order chi connectivity index (χ0) is 13.2. The summed E-state index contributed by atoms with van der Waals surface area (Å²) in [4.78, 5) is 0.954. The van der Waals surface area contributed by atoms with Crippen molar-refractivity contribution in [2.45, 2.75) is 11.1 Å². The summed E-state index contributed by atoms with van der Waals surface area (Å²) in [5.74, 6) is 0.495. The minimum atomic E-state index is -3.54. The average molecular weight is 283 g/mol. The number of hydrogen-bond acceptors (Lipinski definition) is 4. The Kier molecular flexibility index (Phi) is 3.58. The molecule has 0 atom stereocenters. The standard InChI is InChI=1S/C12H13NO3S2/c1-9-7-8-12(17-9)18(14,15)13-10-5-3-4-6-11(10)16-2/h3-8,13H,1-2H3. The molecule has 2 aromatic rings. The van der Waals surface area contributed by atoms with Crippen LogP contribution in [0.1, 0.15) is 4.88 Å². The fourth-order valence-electron chi connectivity index (χ4n) is 1.48. The second-order valence-corrected chi connectivity index (χ2v) is 6.87. The fourth-order valence-corrected chi connectivity index (χ4v) is 3.83. The molecular formula is C12H13NO3S2. The lowest BCUT2D eigenvalue weighted by atomic mass is 10.3. The van der Waals surface area contributed by atoms with E-state index in [9.17, 15) is 8.42 Å². The molecule has 0 aliphatic heterocycles. The summed E-state index contributed by atoms with van der Waals surface area (Å²) in [6.07, 6.45) is 0. The molecule has 1 aromatic carbocycles. The number of benzene rings is 1. The van der Waals surface area contributed by atoms with Crippen molar-refractivity contribution >= 4 is 27.0 Å². The van der Waals surface area contributed by atoms with Crippen molar-refractivity contribution in [2.24, 2.45) is 0 Å². The Balaban J connectivity index is 2.33. The van der Waals surface area contributed by atoms with Crippen LogP contribution in [0.3, 0.4) is 0 Å². The Morgan fingerprint density at radius 1 is 1.17 bits per heavy atom. The SMILES string of the molecule is COc1ccccc1NS(=O)(=O)c1ccc(C)s1. The predicted octanol–water partition coefficient (Wildman–Crippen LogP) is 2.87. The van der Waals surface area contributed by atoms with Gasteiger partial charge in [0.2, 0.25) is 0 Å². The average Bonchev–Trinajstić information content (AvgIpc) is 2.77. The predicted molar refractivity (Wildman–Crippen MR) is 72.9 cm³/mol. The molecule has 6 heteroatoms. The number of para-hydroxylation sites is 2. The van der Waals surface area contributed by atoms with Gasteiger partial charge in [0.05, 0.1) is 12.8 Å². The Morgan fingerprint density at radius 3 is 2.50 bits per heavy atom. The number of hydrogen-bond donors (Lipinski definition) is 1. The lowest BCUT2D eigenvalue weighted by Gasteiger charge is -2.10. The third-order valence-corrected chi connectivity index (χ3v) is 5.19. The van der Waals surface area contributed by atoms with Crippen LogP contribution in [0.2, 0.25) is 0 Å². The summed E-state index contributed by atoms with van der Waals surface area (Å²) >= 11 is 1.24. The van der Waals surface area contributed by atoms with Crippen LogP contribution in [0.15, 0.2) is 40.6 Å². The smallest absolute Gasteiger partial charge is 0.271 e. The largest absolute Gasteiger partial charge is 0.495 e. The molecule has 0 aliphatic rings. The van der Waals surface area contributed by atoms with Crippen LogP contribution >= 0.6 is 11.3 Å². The van der Waals surface area contributed by atoms with E-state index in [4.69, 9.17) is 4.74 Å². The van der Waals surface area contributed by atoms with Crippen molar-refractivity contribution in [3.63, 3.8) is 0 Å². The van der Waals surface area contributed by atoms with Crippen LogP contribution in [-0.4, -0.2) is 15.5 Å². The second kappa shape index (κ2) is 4.99. The van der Waals surface area contributed by atoms with Gasteiger partial charge < -0.3 is 4.74 Å². The van der Waals surface area contributed by atoms with Crippen LogP contribution in [-0.2, 0) is 10.0 Å². The van der Waals surface area contributed by atoms with Crippen molar-refractivity contribution in [1.82, 2.24) is 0 Å². The molecule has 0 bridgehead atoms. The van der Waals surface area contributed by atoms with E-state index < -0.39 is 10.0 Å². The Morgan fingerprint density at radius 2 is 1.89 bits per heavy atom. The van der Waals surface area contributed by atoms with Gasteiger partial charge in [-0.15, -0.1) is 11.3 Å². The molecule has 96 valence electrons. The van der Waals surface area contributed by atoms with Gasteiger partial charge in [0, 0.05) is 4.88 Å². The molecule has 2 rings (SSSR count). The van der Waals surface area contributed by atoms with Crippen LogP contribution in [0.25, 0.3) is 0 Å². The first-order valence-electron chi connectivity index (χ1n) is 5.25. The van der Waals surface area contributed by atoms with Gasteiger partial charge in [-0.3, -0.25) is 4.72 Å². The molecule has 1 heterocycles. The molecule has 0 aliphatic carbocycles. The molecule has 0 amide bonds. The summed E-state index contributed by atoms with van der Waals surface area (Å²) in [5, 5.41) is 0. The monoisotopic (exact) mass is 283 g/mol. The highest BCUT2D eigenvalue weighted by Crippen LogP contribution is 2.28. The quantitative estimate of drug-likeness (QED) is 0.938. The minimum Gasteiger partial charge on any atom is -0.495 e. The molecule has 1 N–H and O–H groups in total. The van der Waals surface area contributed by atoms with Crippen molar-refractivity contribution in [2.75, 3.05) is 11.8 Å². The van der Waals surface area contributed by atoms with Crippen molar-refractivity contribution in [1.29, 1.82) is 0 Å². The van der Waals surface area contributed by atoms with Gasteiger partial charge in [0.1, 0.15) is 9.96 Å². The van der Waals surface area contributed by atoms with Crippen LogP contribution < -0.4 is 9.46 Å². The van der Waals surface area contributed by atoms with Gasteiger partial charge in [0.25, 0.3) is 10.0 Å². The zero-order valence-corrected chi connectivity index (χ0v) is 11.6. The molecule has 0 saturated carbocycles. The van der Waals surface area contributed by atoms with E-state index >= 15 is 0 Å². The summed E-state index contributed by atoms with van der Waals surface area (Å²) in [5.41, 5.74) is 0.436. The van der Waals surface area contributed by atoms with Gasteiger partial charge in [-0.2, -0.15) is 0 Å². The molecule has 0 saturated heterocycles. The number of methoxy groups -OCH3 is 1. The van der Waals surface area contributed by atoms with Crippen LogP contribution in [0.5, 0.6) is 5.75 Å². The van der Waals surface area contributed by atoms with E-state index in [1.165, 1.54) is 18.4 Å². The molecular weight excluding hydrogens is 270 g/mol. The number of nitrogens with one attached hydrogen (secondary N) is 1. The molecule has 0 unspecified atom stereocenters. The molecule has 18 heavy (non-hydrogen) atoms. The summed E-state index contributed by atoms with van der Waals surface area (Å²) in [6.45, 7) is 1.87. The third-order valence-electron chi connectivity index (χ3n) is 2.33. The summed E-state index contributed by atoms with van der Waals surface area (Å²) in [7, 11) is -2.03. The number of aryl methyl sites for hydroxylation is 1. The van der Waals surface area contributed by atoms with E-state index in [-0.39, 0.29) is 0 Å². The van der Waals surface area contributed by atoms with Gasteiger partial charge in [0.15, 0.2) is 0 Å². The first-order chi connectivity index (χ1) is 8.53. The van der Waals surface area contributed by atoms with E-state index in [0.29, 0.717) is 15.6 Å². The number of sulfonamides is 1. The van der Waals surface area contributed by atoms with Crippen molar-refractivity contribution in [3.8, 4) is 5.75 Å². The van der Waals surface area contributed by atoms with Gasteiger partial charge in [-0.05, 0) is 31.2 Å². The number of anilines is 1. The first-order valence-corrected chi connectivity index (χ1v) is 7.55. The normalized spacial score (nSPS) is 11.2. The second-order valence-electron chi connectivity index (χ2n) is 3.67. The van der Waals surface area contributed by atoms with E-state index in [0.717, 1.165) is 4.88 Å². The molecule has 1 aromatic heterocycles. The molecule has 0 spiro atoms. The fraction of sp³-hybridized carbons (Fsp3) is 0.167. The summed E-state index contributed by atoms with van der Waals surface area (Å²) in [6, 6.07) is 10.3. The maximum atomic E-state index is 12.1. The highest BCUT2D eigenvalue weighted by atomic mass is 32.2. The highest BCUT2D eigenvalue weighted by Gasteiger charge is 2.17. The lowest BCUT2D eigenvalue weighted by molar-refractivity contribution is 0.417. The number of ether oxygens (including phenoxy) is 1. The number of thiophene rings is 1. The van der Waals surface area contributed by atoms with Crippen molar-refractivity contribution in [3.05, 3.63) is 41.3 Å². The van der Waals surface area contributed by atoms with E-state index in [1.807, 2.05) is 6.92 Å². The minimum absolute atomic E-state index is 0.297. The highest BCUT2D eigenvalue weighted by molar-refractivity contribution is 7.94. The molecule has 0 radical (unpaired) electrons. The van der Waals surface area contributed by atoms with E-state index in [1.54, 1.807) is 36.4 Å². The zero-order valence-electron chi connectivity index (χ0n) is 10.0. The van der Waals surface area contributed by atoms with Gasteiger partial charge in [-0.25, -0.2) is 8.42 Å². The Bertz CT molecular complexity index is 647. The number of rotatable bonds is 4. The Labute approximate surface area is 110 Å². The third kappa shape index (κ3) is 2.65. The van der Waals surface area contributed by atoms with E-state index in [2.05, 4.69) is 4.72 Å². The Hall–Kier alpha value is -1.53. The lowest BCUT2D eigenvalue weighted by Crippen LogP contribution is -2.12. The maximum absolute atomic E-state index is 12.1. The van der Waals surface area contributed by atoms with Crippen molar-refractivity contribution < 1.29 is 13.2 Å². The van der Waals surface area contributed by atoms with Crippen LogP contribution in [0.4, 0.5) is 5.69 Å². The van der Waals surface area contributed by atoms with Gasteiger partial charge >= 0.3 is 0 Å². The molecule has 0 fully saturated rings. The molecule has 4 nitrogen and oxygen atoms in total. The first kappa shape index (κ1) is 12.9. The van der Waals surface area contributed by atoms with Gasteiger partial charge in [-0.1, -0.05) is 12.1 Å². The van der Waals surface area contributed by atoms with Crippen LogP contribution in [0, 0.1) is 6.92 Å². The maximum Gasteiger partial charge on any atom is 0.271 e. The summed E-state index contributed by atoms with van der Waals surface area (Å²) < 4.78 is 32.2. The topological polar surface area (TPSA) is 55.4 Å².